The van der Waals surface area contributed by atoms with E-state index < -0.39 is 15.9 Å². The minimum absolute atomic E-state index is 0.0886. The lowest BCUT2D eigenvalue weighted by molar-refractivity contribution is -0.118. The van der Waals surface area contributed by atoms with Gasteiger partial charge in [0.15, 0.2) is 0 Å². The maximum absolute atomic E-state index is 13.0. The molecule has 0 radical (unpaired) electrons. The Morgan fingerprint density at radius 1 is 1.06 bits per heavy atom. The molecular formula is C22H33N3O5S. The molecule has 31 heavy (non-hydrogen) atoms. The van der Waals surface area contributed by atoms with E-state index in [0.29, 0.717) is 24.6 Å². The van der Waals surface area contributed by atoms with Crippen LogP contribution >= 0.6 is 0 Å². The molecule has 0 aromatic heterocycles. The van der Waals surface area contributed by atoms with Gasteiger partial charge in [0, 0.05) is 25.3 Å². The van der Waals surface area contributed by atoms with Crippen LogP contribution in [0, 0.1) is 5.92 Å². The van der Waals surface area contributed by atoms with Crippen LogP contribution in [0.2, 0.25) is 0 Å². The van der Waals surface area contributed by atoms with Crippen molar-refractivity contribution in [2.75, 3.05) is 26.2 Å². The topological polar surface area (TPSA) is 119 Å². The monoisotopic (exact) mass is 451 g/mol. The van der Waals surface area contributed by atoms with Gasteiger partial charge in [0.05, 0.1) is 17.5 Å². The minimum Gasteiger partial charge on any atom is -0.377 e. The zero-order valence-corrected chi connectivity index (χ0v) is 18.7. The average Bonchev–Trinajstić information content (AvgIpc) is 3.29. The summed E-state index contributed by atoms with van der Waals surface area (Å²) in [5.74, 6) is -0.306. The van der Waals surface area contributed by atoms with Crippen molar-refractivity contribution in [3.63, 3.8) is 0 Å². The summed E-state index contributed by atoms with van der Waals surface area (Å²) in [6.45, 7) is 1.21. The van der Waals surface area contributed by atoms with Crippen molar-refractivity contribution in [2.45, 2.75) is 62.4 Å². The third kappa shape index (κ3) is 7.02. The molecule has 1 aliphatic carbocycles. The van der Waals surface area contributed by atoms with E-state index in [4.69, 9.17) is 10.5 Å². The number of ether oxygens (including phenoxy) is 1. The molecule has 2 aliphatic rings. The lowest BCUT2D eigenvalue weighted by Crippen LogP contribution is -2.39. The molecule has 1 atom stereocenters. The summed E-state index contributed by atoms with van der Waals surface area (Å²) >= 11 is 0. The fourth-order valence-corrected chi connectivity index (χ4v) is 5.37. The Kier molecular flexibility index (Phi) is 8.45. The number of sulfonamides is 1. The number of benzene rings is 1. The number of nitrogens with two attached hydrogens (primary N) is 1. The summed E-state index contributed by atoms with van der Waals surface area (Å²) in [6, 6.07) is 5.79. The van der Waals surface area contributed by atoms with Gasteiger partial charge < -0.3 is 15.4 Å². The molecule has 1 saturated heterocycles. The van der Waals surface area contributed by atoms with Gasteiger partial charge >= 0.3 is 0 Å². The first-order valence-corrected chi connectivity index (χ1v) is 12.6. The Labute approximate surface area is 184 Å². The average molecular weight is 452 g/mol. The number of carbonyl (C=O) groups excluding carboxylic acids is 2. The van der Waals surface area contributed by atoms with Crippen LogP contribution in [0.4, 0.5) is 0 Å². The molecule has 172 valence electrons. The van der Waals surface area contributed by atoms with Crippen molar-refractivity contribution >= 4 is 21.8 Å². The van der Waals surface area contributed by atoms with E-state index in [9.17, 15) is 18.0 Å². The van der Waals surface area contributed by atoms with Crippen molar-refractivity contribution in [3.05, 3.63) is 29.8 Å². The first kappa shape index (κ1) is 23.7. The highest BCUT2D eigenvalue weighted by Crippen LogP contribution is 2.26. The van der Waals surface area contributed by atoms with Crippen LogP contribution in [-0.4, -0.2) is 57.5 Å². The van der Waals surface area contributed by atoms with E-state index in [1.165, 1.54) is 48.4 Å². The van der Waals surface area contributed by atoms with E-state index in [2.05, 4.69) is 4.72 Å². The van der Waals surface area contributed by atoms with Gasteiger partial charge in [-0.05, 0) is 49.4 Å². The van der Waals surface area contributed by atoms with E-state index in [1.807, 2.05) is 0 Å². The van der Waals surface area contributed by atoms with Crippen LogP contribution in [0.25, 0.3) is 0 Å². The number of nitrogens with zero attached hydrogens (tertiary/aromatic N) is 1. The van der Waals surface area contributed by atoms with Gasteiger partial charge in [-0.25, -0.2) is 13.1 Å². The van der Waals surface area contributed by atoms with E-state index in [1.54, 1.807) is 0 Å². The van der Waals surface area contributed by atoms with Gasteiger partial charge in [0.2, 0.25) is 15.9 Å². The van der Waals surface area contributed by atoms with Gasteiger partial charge in [-0.3, -0.25) is 9.59 Å². The number of primary amides is 1. The lowest BCUT2D eigenvalue weighted by atomic mass is 9.87. The van der Waals surface area contributed by atoms with Crippen LogP contribution in [0.3, 0.4) is 0 Å². The second-order valence-corrected chi connectivity index (χ2v) is 10.3. The number of hydrogen-bond acceptors (Lipinski definition) is 5. The SMILES string of the molecule is NC(=O)CN(CCC1CCCCC1)C(=O)c1ccc(S(=O)(=O)NCC2CCCO2)cc1. The summed E-state index contributed by atoms with van der Waals surface area (Å²) in [4.78, 5) is 26.0. The molecule has 9 heteroatoms. The smallest absolute Gasteiger partial charge is 0.254 e. The normalized spacial score (nSPS) is 19.9. The number of hydrogen-bond donors (Lipinski definition) is 2. The summed E-state index contributed by atoms with van der Waals surface area (Å²) in [7, 11) is -3.68. The first-order valence-electron chi connectivity index (χ1n) is 11.1. The quantitative estimate of drug-likeness (QED) is 0.564. The summed E-state index contributed by atoms with van der Waals surface area (Å²) in [6.07, 6.45) is 8.53. The summed E-state index contributed by atoms with van der Waals surface area (Å²) < 4.78 is 33.0. The van der Waals surface area contributed by atoms with Crippen molar-refractivity contribution in [2.24, 2.45) is 11.7 Å². The molecule has 2 amide bonds. The zero-order chi connectivity index (χ0) is 22.3. The Morgan fingerprint density at radius 2 is 1.77 bits per heavy atom. The third-order valence-corrected chi connectivity index (χ3v) is 7.54. The van der Waals surface area contributed by atoms with Crippen LogP contribution in [0.1, 0.15) is 61.7 Å². The highest BCUT2D eigenvalue weighted by Gasteiger charge is 2.23. The number of nitrogens with one attached hydrogen (secondary N) is 1. The number of carbonyl (C=O) groups is 2. The van der Waals surface area contributed by atoms with Crippen molar-refractivity contribution in [1.29, 1.82) is 0 Å². The van der Waals surface area contributed by atoms with Gasteiger partial charge in [-0.2, -0.15) is 0 Å². The van der Waals surface area contributed by atoms with E-state index in [0.717, 1.165) is 32.1 Å². The van der Waals surface area contributed by atoms with E-state index in [-0.39, 0.29) is 30.0 Å². The van der Waals surface area contributed by atoms with Crippen LogP contribution in [-0.2, 0) is 19.6 Å². The molecular weight excluding hydrogens is 418 g/mol. The number of amides is 2. The Morgan fingerprint density at radius 3 is 2.39 bits per heavy atom. The molecule has 0 bridgehead atoms. The summed E-state index contributed by atoms with van der Waals surface area (Å²) in [5, 5.41) is 0. The second kappa shape index (κ2) is 11.1. The van der Waals surface area contributed by atoms with Gasteiger partial charge in [0.25, 0.3) is 5.91 Å². The van der Waals surface area contributed by atoms with Crippen LogP contribution in [0.15, 0.2) is 29.2 Å². The first-order chi connectivity index (χ1) is 14.8. The van der Waals surface area contributed by atoms with E-state index >= 15 is 0 Å². The molecule has 0 spiro atoms. The molecule has 8 nitrogen and oxygen atoms in total. The standard InChI is InChI=1S/C22H33N3O5S/c23-21(26)16-25(13-12-17-5-2-1-3-6-17)22(27)18-8-10-20(11-9-18)31(28,29)24-15-19-7-4-14-30-19/h8-11,17,19,24H,1-7,12-16H2,(H2,23,26). The predicted molar refractivity (Wildman–Crippen MR) is 117 cm³/mol. The Hall–Kier alpha value is -1.97. The molecule has 1 aromatic rings. The highest BCUT2D eigenvalue weighted by molar-refractivity contribution is 7.89. The zero-order valence-electron chi connectivity index (χ0n) is 17.9. The molecule has 1 unspecified atom stereocenters. The molecule has 1 heterocycles. The molecule has 1 saturated carbocycles. The van der Waals surface area contributed by atoms with Gasteiger partial charge in [0.1, 0.15) is 0 Å². The molecule has 2 fully saturated rings. The maximum Gasteiger partial charge on any atom is 0.254 e. The molecule has 3 rings (SSSR count). The fraction of sp³-hybridized carbons (Fsp3) is 0.636. The van der Waals surface area contributed by atoms with Crippen molar-refractivity contribution in [3.8, 4) is 0 Å². The Bertz CT molecular complexity index is 844. The van der Waals surface area contributed by atoms with Crippen molar-refractivity contribution in [1.82, 2.24) is 9.62 Å². The molecule has 1 aliphatic heterocycles. The molecule has 1 aromatic carbocycles. The van der Waals surface area contributed by atoms with Crippen LogP contribution < -0.4 is 10.5 Å². The highest BCUT2D eigenvalue weighted by atomic mass is 32.2. The predicted octanol–water partition coefficient (Wildman–Crippen LogP) is 2.04. The minimum atomic E-state index is -3.68. The van der Waals surface area contributed by atoms with Gasteiger partial charge in [-0.15, -0.1) is 0 Å². The van der Waals surface area contributed by atoms with Gasteiger partial charge in [-0.1, -0.05) is 32.1 Å². The largest absolute Gasteiger partial charge is 0.377 e. The number of rotatable bonds is 10. The van der Waals surface area contributed by atoms with Crippen LogP contribution in [0.5, 0.6) is 0 Å². The van der Waals surface area contributed by atoms with Crippen molar-refractivity contribution < 1.29 is 22.7 Å². The maximum atomic E-state index is 13.0. The lowest BCUT2D eigenvalue weighted by Gasteiger charge is -2.26. The fourth-order valence-electron chi connectivity index (χ4n) is 4.31. The third-order valence-electron chi connectivity index (χ3n) is 6.10. The summed E-state index contributed by atoms with van der Waals surface area (Å²) in [5.41, 5.74) is 5.69. The Balaban J connectivity index is 1.61. The molecule has 3 N–H and O–H groups in total. The second-order valence-electron chi connectivity index (χ2n) is 8.50.